The van der Waals surface area contributed by atoms with E-state index in [1.54, 1.807) is 37.3 Å². The third-order valence-corrected chi connectivity index (χ3v) is 4.46. The fourth-order valence-electron chi connectivity index (χ4n) is 3.09. The maximum absolute atomic E-state index is 12.6. The number of hydrogen-bond acceptors (Lipinski definition) is 4. The molecular formula is C20H22N2O4. The fraction of sp³-hybridized carbons (Fsp3) is 0.300. The second kappa shape index (κ2) is 7.47. The van der Waals surface area contributed by atoms with Crippen LogP contribution in [-0.4, -0.2) is 32.6 Å². The number of nitrogens with one attached hydrogen (secondary N) is 1. The van der Waals surface area contributed by atoms with Gasteiger partial charge < -0.3 is 19.7 Å². The van der Waals surface area contributed by atoms with Crippen LogP contribution in [0.2, 0.25) is 0 Å². The molecule has 0 radical (unpaired) electrons. The summed E-state index contributed by atoms with van der Waals surface area (Å²) in [5.41, 5.74) is 2.51. The molecule has 0 aromatic heterocycles. The third kappa shape index (κ3) is 3.64. The highest BCUT2D eigenvalue weighted by Crippen LogP contribution is 2.31. The normalized spacial score (nSPS) is 16.5. The van der Waals surface area contributed by atoms with Crippen LogP contribution in [0.5, 0.6) is 11.5 Å². The Hall–Kier alpha value is -3.02. The number of ether oxygens (including phenoxy) is 2. The first kappa shape index (κ1) is 17.8. The number of rotatable bonds is 5. The van der Waals surface area contributed by atoms with Gasteiger partial charge >= 0.3 is 0 Å². The lowest BCUT2D eigenvalue weighted by atomic mass is 10.1. The Labute approximate surface area is 152 Å². The van der Waals surface area contributed by atoms with Gasteiger partial charge in [0.1, 0.15) is 0 Å². The Kier molecular flexibility index (Phi) is 5.11. The molecule has 0 bridgehead atoms. The average molecular weight is 354 g/mol. The summed E-state index contributed by atoms with van der Waals surface area (Å²) >= 11 is 0. The molecule has 136 valence electrons. The summed E-state index contributed by atoms with van der Waals surface area (Å²) in [6.07, 6.45) is 0.201. The third-order valence-electron chi connectivity index (χ3n) is 4.46. The molecule has 6 nitrogen and oxygen atoms in total. The lowest BCUT2D eigenvalue weighted by Crippen LogP contribution is -2.28. The first-order valence-corrected chi connectivity index (χ1v) is 8.41. The summed E-state index contributed by atoms with van der Waals surface area (Å²) < 4.78 is 10.4. The highest BCUT2D eigenvalue weighted by molar-refractivity contribution is 6.03. The molecule has 2 amide bonds. The number of carbonyl (C=O) groups is 2. The molecular weight excluding hydrogens is 332 g/mol. The number of nitrogens with zero attached hydrogens (tertiary/aromatic N) is 1. The second-order valence-corrected chi connectivity index (χ2v) is 6.30. The first-order valence-electron chi connectivity index (χ1n) is 8.41. The highest BCUT2D eigenvalue weighted by Gasteiger charge is 2.35. The number of aryl methyl sites for hydroxylation is 1. The summed E-state index contributed by atoms with van der Waals surface area (Å²) in [6, 6.07) is 12.9. The van der Waals surface area contributed by atoms with E-state index in [-0.39, 0.29) is 18.2 Å². The van der Waals surface area contributed by atoms with E-state index >= 15 is 0 Å². The Morgan fingerprint density at radius 3 is 2.58 bits per heavy atom. The molecule has 6 heteroatoms. The molecule has 0 aliphatic carbocycles. The minimum atomic E-state index is -0.392. The standard InChI is InChI=1S/C20H22N2O4/c1-13-5-4-6-16(9-13)22-12-14(10-19(22)23)20(24)21-15-7-8-17(25-2)18(11-15)26-3/h4-9,11,14H,10,12H2,1-3H3,(H,21,24). The predicted molar refractivity (Wildman–Crippen MR) is 99.8 cm³/mol. The fourth-order valence-corrected chi connectivity index (χ4v) is 3.09. The van der Waals surface area contributed by atoms with Crippen molar-refractivity contribution in [2.45, 2.75) is 13.3 Å². The number of methoxy groups -OCH3 is 2. The molecule has 1 N–H and O–H groups in total. The smallest absolute Gasteiger partial charge is 0.229 e. The molecule has 2 aromatic carbocycles. The molecule has 0 spiro atoms. The molecule has 1 atom stereocenters. The number of amides is 2. The van der Waals surface area contributed by atoms with Crippen LogP contribution in [0, 0.1) is 12.8 Å². The van der Waals surface area contributed by atoms with E-state index in [1.165, 1.54) is 0 Å². The van der Waals surface area contributed by atoms with Gasteiger partial charge in [0.15, 0.2) is 11.5 Å². The highest BCUT2D eigenvalue weighted by atomic mass is 16.5. The van der Waals surface area contributed by atoms with E-state index in [2.05, 4.69) is 5.32 Å². The number of anilines is 2. The van der Waals surface area contributed by atoms with Crippen molar-refractivity contribution < 1.29 is 19.1 Å². The van der Waals surface area contributed by atoms with E-state index in [9.17, 15) is 9.59 Å². The second-order valence-electron chi connectivity index (χ2n) is 6.30. The maximum Gasteiger partial charge on any atom is 0.229 e. The zero-order valence-corrected chi connectivity index (χ0v) is 15.1. The summed E-state index contributed by atoms with van der Waals surface area (Å²) in [6.45, 7) is 2.35. The number of carbonyl (C=O) groups excluding carboxylic acids is 2. The van der Waals surface area contributed by atoms with Crippen molar-refractivity contribution in [2.75, 3.05) is 31.0 Å². The number of benzene rings is 2. The molecule has 26 heavy (non-hydrogen) atoms. The topological polar surface area (TPSA) is 67.9 Å². The molecule has 3 rings (SSSR count). The van der Waals surface area contributed by atoms with Gasteiger partial charge in [-0.25, -0.2) is 0 Å². The summed E-state index contributed by atoms with van der Waals surface area (Å²) in [5, 5.41) is 2.86. The lowest BCUT2D eigenvalue weighted by molar-refractivity contribution is -0.122. The van der Waals surface area contributed by atoms with Gasteiger partial charge in [-0.05, 0) is 36.8 Å². The molecule has 0 saturated carbocycles. The van der Waals surface area contributed by atoms with Gasteiger partial charge in [-0.15, -0.1) is 0 Å². The van der Waals surface area contributed by atoms with Crippen LogP contribution in [0.25, 0.3) is 0 Å². The van der Waals surface area contributed by atoms with Gasteiger partial charge in [0.2, 0.25) is 11.8 Å². The van der Waals surface area contributed by atoms with E-state index in [1.807, 2.05) is 31.2 Å². The summed E-state index contributed by atoms with van der Waals surface area (Å²) in [7, 11) is 3.10. The van der Waals surface area contributed by atoms with Crippen molar-refractivity contribution in [3.8, 4) is 11.5 Å². The average Bonchev–Trinajstić information content (AvgIpc) is 3.03. The van der Waals surface area contributed by atoms with E-state index in [4.69, 9.17) is 9.47 Å². The van der Waals surface area contributed by atoms with Crippen molar-refractivity contribution in [1.82, 2.24) is 0 Å². The van der Waals surface area contributed by atoms with Gasteiger partial charge in [-0.2, -0.15) is 0 Å². The zero-order chi connectivity index (χ0) is 18.7. The summed E-state index contributed by atoms with van der Waals surface area (Å²) in [4.78, 5) is 26.6. The lowest BCUT2D eigenvalue weighted by Gasteiger charge is -2.17. The van der Waals surface area contributed by atoms with Crippen LogP contribution in [0.3, 0.4) is 0 Å². The van der Waals surface area contributed by atoms with Crippen molar-refractivity contribution in [3.05, 3.63) is 48.0 Å². The van der Waals surface area contributed by atoms with Gasteiger partial charge in [-0.3, -0.25) is 9.59 Å². The minimum Gasteiger partial charge on any atom is -0.493 e. The van der Waals surface area contributed by atoms with Crippen LogP contribution >= 0.6 is 0 Å². The van der Waals surface area contributed by atoms with Crippen molar-refractivity contribution in [1.29, 1.82) is 0 Å². The van der Waals surface area contributed by atoms with Gasteiger partial charge in [0.05, 0.1) is 20.1 Å². The van der Waals surface area contributed by atoms with E-state index < -0.39 is 5.92 Å². The molecule has 1 aliphatic heterocycles. The SMILES string of the molecule is COc1ccc(NC(=O)C2CC(=O)N(c3cccc(C)c3)C2)cc1OC. The monoisotopic (exact) mass is 354 g/mol. The predicted octanol–water partition coefficient (Wildman–Crippen LogP) is 3.00. The van der Waals surface area contributed by atoms with Crippen molar-refractivity contribution in [2.24, 2.45) is 5.92 Å². The Balaban J connectivity index is 1.70. The Morgan fingerprint density at radius 2 is 1.88 bits per heavy atom. The van der Waals surface area contributed by atoms with Gasteiger partial charge in [0, 0.05) is 30.4 Å². The van der Waals surface area contributed by atoms with Crippen LogP contribution in [-0.2, 0) is 9.59 Å². The molecule has 1 saturated heterocycles. The Bertz CT molecular complexity index is 834. The number of hydrogen-bond donors (Lipinski definition) is 1. The van der Waals surface area contributed by atoms with Crippen LogP contribution in [0.1, 0.15) is 12.0 Å². The van der Waals surface area contributed by atoms with Crippen molar-refractivity contribution >= 4 is 23.2 Å². The Morgan fingerprint density at radius 1 is 1.12 bits per heavy atom. The zero-order valence-electron chi connectivity index (χ0n) is 15.1. The van der Waals surface area contributed by atoms with Gasteiger partial charge in [0.25, 0.3) is 0 Å². The van der Waals surface area contributed by atoms with Gasteiger partial charge in [-0.1, -0.05) is 12.1 Å². The van der Waals surface area contributed by atoms with Crippen molar-refractivity contribution in [3.63, 3.8) is 0 Å². The van der Waals surface area contributed by atoms with E-state index in [0.29, 0.717) is 23.7 Å². The van der Waals surface area contributed by atoms with Crippen LogP contribution in [0.15, 0.2) is 42.5 Å². The molecule has 1 unspecified atom stereocenters. The molecule has 1 heterocycles. The minimum absolute atomic E-state index is 0.0388. The maximum atomic E-state index is 12.6. The largest absolute Gasteiger partial charge is 0.493 e. The summed E-state index contributed by atoms with van der Waals surface area (Å²) in [5.74, 6) is 0.515. The molecule has 1 aliphatic rings. The molecule has 2 aromatic rings. The van der Waals surface area contributed by atoms with Crippen LogP contribution in [0.4, 0.5) is 11.4 Å². The van der Waals surface area contributed by atoms with E-state index in [0.717, 1.165) is 11.3 Å². The first-order chi connectivity index (χ1) is 12.5. The van der Waals surface area contributed by atoms with Crippen LogP contribution < -0.4 is 19.7 Å². The quantitative estimate of drug-likeness (QED) is 0.896. The molecule has 1 fully saturated rings.